The van der Waals surface area contributed by atoms with Crippen LogP contribution in [0.2, 0.25) is 0 Å². The summed E-state index contributed by atoms with van der Waals surface area (Å²) in [6.07, 6.45) is 5.39. The monoisotopic (exact) mass is 263 g/mol. The maximum Gasteiger partial charge on any atom is 0.225 e. The fourth-order valence-corrected chi connectivity index (χ4v) is 2.36. The Morgan fingerprint density at radius 1 is 1.53 bits per heavy atom. The minimum atomic E-state index is 0.0103. The van der Waals surface area contributed by atoms with Crippen LogP contribution in [0.15, 0.2) is 18.3 Å². The Morgan fingerprint density at radius 2 is 2.32 bits per heavy atom. The molecule has 0 unspecified atom stereocenters. The molecule has 2 rings (SSSR count). The molecule has 1 aromatic rings. The molecule has 1 aromatic heterocycles. The Morgan fingerprint density at radius 3 is 2.79 bits per heavy atom. The van der Waals surface area contributed by atoms with Crippen molar-refractivity contribution in [3.8, 4) is 5.88 Å². The molecule has 19 heavy (non-hydrogen) atoms. The van der Waals surface area contributed by atoms with E-state index in [-0.39, 0.29) is 11.3 Å². The summed E-state index contributed by atoms with van der Waals surface area (Å²) in [5, 5.41) is 2.86. The maximum absolute atomic E-state index is 12.0. The van der Waals surface area contributed by atoms with E-state index in [0.29, 0.717) is 31.1 Å². The van der Waals surface area contributed by atoms with Crippen molar-refractivity contribution in [3.05, 3.63) is 18.3 Å². The third-order valence-electron chi connectivity index (χ3n) is 3.70. The zero-order chi connectivity index (χ0) is 13.7. The fraction of sp³-hybridized carbons (Fsp3) is 0.571. The number of aromatic nitrogens is 1. The van der Waals surface area contributed by atoms with E-state index in [0.717, 1.165) is 12.8 Å². The summed E-state index contributed by atoms with van der Waals surface area (Å²) in [5.74, 6) is 0.578. The van der Waals surface area contributed by atoms with Gasteiger partial charge in [0.1, 0.15) is 0 Å². The topological polar surface area (TPSA) is 77.2 Å². The zero-order valence-corrected chi connectivity index (χ0v) is 11.3. The Balaban J connectivity index is 1.88. The van der Waals surface area contributed by atoms with Crippen LogP contribution in [0.25, 0.3) is 0 Å². The van der Waals surface area contributed by atoms with E-state index in [1.54, 1.807) is 18.3 Å². The average molecular weight is 263 g/mol. The number of amides is 1. The summed E-state index contributed by atoms with van der Waals surface area (Å²) in [6, 6.07) is 3.55. The Bertz CT molecular complexity index is 421. The number of hydrogen-bond acceptors (Lipinski definition) is 4. The van der Waals surface area contributed by atoms with Crippen molar-refractivity contribution in [1.29, 1.82) is 0 Å². The molecule has 1 aliphatic rings. The van der Waals surface area contributed by atoms with E-state index in [2.05, 4.69) is 10.3 Å². The molecule has 104 valence electrons. The Labute approximate surface area is 113 Å². The fourth-order valence-electron chi connectivity index (χ4n) is 2.36. The average Bonchev–Trinajstić information content (AvgIpc) is 2.37. The van der Waals surface area contributed by atoms with E-state index >= 15 is 0 Å². The lowest BCUT2D eigenvalue weighted by atomic mass is 9.66. The molecule has 5 nitrogen and oxygen atoms in total. The van der Waals surface area contributed by atoms with E-state index in [1.165, 1.54) is 6.42 Å². The van der Waals surface area contributed by atoms with Crippen LogP contribution in [-0.4, -0.2) is 24.0 Å². The quantitative estimate of drug-likeness (QED) is 0.822. The van der Waals surface area contributed by atoms with Gasteiger partial charge in [-0.25, -0.2) is 4.98 Å². The largest absolute Gasteiger partial charge is 0.478 e. The summed E-state index contributed by atoms with van der Waals surface area (Å²) in [4.78, 5) is 16.1. The lowest BCUT2D eigenvalue weighted by Crippen LogP contribution is -2.40. The molecule has 0 aromatic carbocycles. The van der Waals surface area contributed by atoms with Gasteiger partial charge in [0.25, 0.3) is 0 Å². The standard InChI is InChI=1S/C14H21N3O2/c1-2-19-13-5-4-11(9-16-13)17-12(18)8-14(10-15)6-3-7-14/h4-5,9H,2-3,6-8,10,15H2,1H3,(H,17,18). The number of pyridine rings is 1. The van der Waals surface area contributed by atoms with E-state index in [4.69, 9.17) is 10.5 Å². The minimum Gasteiger partial charge on any atom is -0.478 e. The van der Waals surface area contributed by atoms with Gasteiger partial charge in [0.05, 0.1) is 18.5 Å². The van der Waals surface area contributed by atoms with Crippen LogP contribution in [-0.2, 0) is 4.79 Å². The molecule has 5 heteroatoms. The molecule has 0 saturated heterocycles. The number of hydrogen-bond donors (Lipinski definition) is 2. The molecule has 0 spiro atoms. The highest BCUT2D eigenvalue weighted by Gasteiger charge is 2.37. The first-order valence-corrected chi connectivity index (χ1v) is 6.76. The lowest BCUT2D eigenvalue weighted by molar-refractivity contribution is -0.119. The number of anilines is 1. The second-order valence-corrected chi connectivity index (χ2v) is 5.10. The van der Waals surface area contributed by atoms with E-state index < -0.39 is 0 Å². The summed E-state index contributed by atoms with van der Waals surface area (Å²) in [5.41, 5.74) is 6.48. The predicted molar refractivity (Wildman–Crippen MR) is 74.0 cm³/mol. The number of carbonyl (C=O) groups excluding carboxylic acids is 1. The highest BCUT2D eigenvalue weighted by molar-refractivity contribution is 5.91. The first kappa shape index (κ1) is 13.8. The molecule has 0 atom stereocenters. The van der Waals surface area contributed by atoms with Gasteiger partial charge in [-0.3, -0.25) is 4.79 Å². The van der Waals surface area contributed by atoms with Crippen LogP contribution < -0.4 is 15.8 Å². The highest BCUT2D eigenvalue weighted by atomic mass is 16.5. The smallest absolute Gasteiger partial charge is 0.225 e. The van der Waals surface area contributed by atoms with Crippen molar-refractivity contribution in [2.45, 2.75) is 32.6 Å². The number of carbonyl (C=O) groups is 1. The maximum atomic E-state index is 12.0. The van der Waals surface area contributed by atoms with Gasteiger partial charge in [0.15, 0.2) is 0 Å². The number of nitrogens with one attached hydrogen (secondary N) is 1. The molecule has 0 radical (unpaired) electrons. The summed E-state index contributed by atoms with van der Waals surface area (Å²) >= 11 is 0. The lowest BCUT2D eigenvalue weighted by Gasteiger charge is -2.40. The molecule has 3 N–H and O–H groups in total. The minimum absolute atomic E-state index is 0.0103. The van der Waals surface area contributed by atoms with Crippen LogP contribution in [0.5, 0.6) is 5.88 Å². The highest BCUT2D eigenvalue weighted by Crippen LogP contribution is 2.43. The van der Waals surface area contributed by atoms with Gasteiger partial charge in [0.2, 0.25) is 11.8 Å². The second kappa shape index (κ2) is 6.02. The summed E-state index contributed by atoms with van der Waals surface area (Å²) < 4.78 is 5.25. The number of nitrogens with two attached hydrogens (primary N) is 1. The number of nitrogens with zero attached hydrogens (tertiary/aromatic N) is 1. The van der Waals surface area contributed by atoms with Crippen LogP contribution in [0, 0.1) is 5.41 Å². The van der Waals surface area contributed by atoms with Crippen molar-refractivity contribution in [2.24, 2.45) is 11.1 Å². The van der Waals surface area contributed by atoms with Gasteiger partial charge in [-0.1, -0.05) is 6.42 Å². The SMILES string of the molecule is CCOc1ccc(NC(=O)CC2(CN)CCC2)cn1. The normalized spacial score (nSPS) is 16.5. The van der Waals surface area contributed by atoms with Crippen LogP contribution in [0.1, 0.15) is 32.6 Å². The molecule has 1 saturated carbocycles. The zero-order valence-electron chi connectivity index (χ0n) is 11.3. The molecule has 0 bridgehead atoms. The van der Waals surface area contributed by atoms with E-state index in [9.17, 15) is 4.79 Å². The first-order chi connectivity index (χ1) is 9.17. The first-order valence-electron chi connectivity index (χ1n) is 6.76. The van der Waals surface area contributed by atoms with Crippen LogP contribution >= 0.6 is 0 Å². The molecule has 1 heterocycles. The van der Waals surface area contributed by atoms with Gasteiger partial charge >= 0.3 is 0 Å². The van der Waals surface area contributed by atoms with Crippen molar-refractivity contribution in [2.75, 3.05) is 18.5 Å². The third-order valence-corrected chi connectivity index (χ3v) is 3.70. The van der Waals surface area contributed by atoms with Gasteiger partial charge in [-0.2, -0.15) is 0 Å². The number of rotatable bonds is 6. The van der Waals surface area contributed by atoms with Gasteiger partial charge in [-0.15, -0.1) is 0 Å². The Hall–Kier alpha value is -1.62. The molecular formula is C14H21N3O2. The van der Waals surface area contributed by atoms with Gasteiger partial charge in [0, 0.05) is 12.5 Å². The van der Waals surface area contributed by atoms with Crippen molar-refractivity contribution < 1.29 is 9.53 Å². The Kier molecular flexibility index (Phi) is 4.37. The molecule has 0 aliphatic heterocycles. The molecule has 1 aliphatic carbocycles. The summed E-state index contributed by atoms with van der Waals surface area (Å²) in [7, 11) is 0. The van der Waals surface area contributed by atoms with Crippen LogP contribution in [0.3, 0.4) is 0 Å². The molecular weight excluding hydrogens is 242 g/mol. The molecule has 1 amide bonds. The summed E-state index contributed by atoms with van der Waals surface area (Å²) in [6.45, 7) is 3.07. The van der Waals surface area contributed by atoms with E-state index in [1.807, 2.05) is 6.92 Å². The second-order valence-electron chi connectivity index (χ2n) is 5.10. The predicted octanol–water partition coefficient (Wildman–Crippen LogP) is 1.94. The van der Waals surface area contributed by atoms with Crippen molar-refractivity contribution in [1.82, 2.24) is 4.98 Å². The molecule has 1 fully saturated rings. The van der Waals surface area contributed by atoms with Gasteiger partial charge < -0.3 is 15.8 Å². The van der Waals surface area contributed by atoms with Crippen molar-refractivity contribution in [3.63, 3.8) is 0 Å². The van der Waals surface area contributed by atoms with Crippen molar-refractivity contribution >= 4 is 11.6 Å². The third kappa shape index (κ3) is 3.44. The van der Waals surface area contributed by atoms with Gasteiger partial charge in [-0.05, 0) is 37.8 Å². The van der Waals surface area contributed by atoms with Crippen LogP contribution in [0.4, 0.5) is 5.69 Å². The number of ether oxygens (including phenoxy) is 1.